The van der Waals surface area contributed by atoms with E-state index in [1.54, 1.807) is 11.3 Å². The number of aromatic amines is 1. The highest BCUT2D eigenvalue weighted by Gasteiger charge is 2.27. The molecular weight excluding hydrogens is 462 g/mol. The van der Waals surface area contributed by atoms with Gasteiger partial charge in [-0.25, -0.2) is 4.79 Å². The Kier molecular flexibility index (Phi) is 8.69. The number of nitrogens with zero attached hydrogens (tertiary/aromatic N) is 3. The van der Waals surface area contributed by atoms with E-state index in [9.17, 15) is 14.4 Å². The summed E-state index contributed by atoms with van der Waals surface area (Å²) in [5.74, 6) is -0.162. The second-order valence-corrected chi connectivity index (χ2v) is 10.5. The van der Waals surface area contributed by atoms with Crippen molar-refractivity contribution < 1.29 is 4.79 Å². The Hall–Kier alpha value is -3.17. The summed E-state index contributed by atoms with van der Waals surface area (Å²) in [7, 11) is 0. The number of carbonyl (C=O) groups is 1. The summed E-state index contributed by atoms with van der Waals surface area (Å²) in [5.41, 5.74) is 7.22. The Morgan fingerprint density at radius 1 is 1.11 bits per heavy atom. The predicted molar refractivity (Wildman–Crippen MR) is 143 cm³/mol. The van der Waals surface area contributed by atoms with E-state index >= 15 is 0 Å². The van der Waals surface area contributed by atoms with Crippen molar-refractivity contribution in [2.45, 2.75) is 53.8 Å². The van der Waals surface area contributed by atoms with Gasteiger partial charge in [-0.1, -0.05) is 44.2 Å². The number of aryl methyl sites for hydroxylation is 1. The molecule has 0 unspecified atom stereocenters. The lowest BCUT2D eigenvalue weighted by atomic mass is 10.1. The minimum atomic E-state index is -0.656. The fourth-order valence-corrected chi connectivity index (χ4v) is 4.81. The van der Waals surface area contributed by atoms with Crippen LogP contribution in [-0.4, -0.2) is 39.5 Å². The van der Waals surface area contributed by atoms with E-state index in [0.29, 0.717) is 13.1 Å². The molecule has 0 saturated heterocycles. The van der Waals surface area contributed by atoms with E-state index < -0.39 is 11.2 Å². The number of nitrogens with two attached hydrogens (primary N) is 1. The van der Waals surface area contributed by atoms with Crippen LogP contribution < -0.4 is 21.9 Å². The third kappa shape index (κ3) is 6.49. The van der Waals surface area contributed by atoms with Crippen LogP contribution in [0.15, 0.2) is 51.4 Å². The van der Waals surface area contributed by atoms with Crippen molar-refractivity contribution >= 4 is 28.7 Å². The van der Waals surface area contributed by atoms with Crippen molar-refractivity contribution in [3.8, 4) is 0 Å². The molecule has 0 fully saturated rings. The number of aromatic nitrogens is 2. The van der Waals surface area contributed by atoms with Crippen molar-refractivity contribution in [3.63, 3.8) is 0 Å². The number of hydrogen-bond donors (Lipinski definition) is 2. The summed E-state index contributed by atoms with van der Waals surface area (Å²) in [6.45, 7) is 11.4. The quantitative estimate of drug-likeness (QED) is 0.447. The van der Waals surface area contributed by atoms with Crippen molar-refractivity contribution in [2.75, 3.05) is 23.7 Å². The van der Waals surface area contributed by atoms with E-state index in [-0.39, 0.29) is 42.5 Å². The van der Waals surface area contributed by atoms with Crippen molar-refractivity contribution in [3.05, 3.63) is 78.6 Å². The van der Waals surface area contributed by atoms with E-state index in [4.69, 9.17) is 5.73 Å². The van der Waals surface area contributed by atoms with Gasteiger partial charge in [-0.2, -0.15) is 0 Å². The molecular formula is C26H35N5O3S. The number of nitrogen functional groups attached to an aromatic ring is 1. The molecule has 0 spiro atoms. The number of thiophene rings is 1. The van der Waals surface area contributed by atoms with Gasteiger partial charge in [0.15, 0.2) is 5.69 Å². The van der Waals surface area contributed by atoms with Gasteiger partial charge in [0.1, 0.15) is 5.82 Å². The summed E-state index contributed by atoms with van der Waals surface area (Å²) >= 11 is 1.67. The van der Waals surface area contributed by atoms with Crippen LogP contribution in [0.4, 0.5) is 11.5 Å². The van der Waals surface area contributed by atoms with E-state index in [1.165, 1.54) is 19.9 Å². The number of amides is 1. The molecule has 8 nitrogen and oxygen atoms in total. The highest BCUT2D eigenvalue weighted by atomic mass is 32.1. The highest BCUT2D eigenvalue weighted by molar-refractivity contribution is 7.10. The predicted octanol–water partition coefficient (Wildman–Crippen LogP) is 3.44. The molecule has 0 atom stereocenters. The van der Waals surface area contributed by atoms with Crippen LogP contribution in [0.1, 0.15) is 43.7 Å². The molecule has 0 aliphatic carbocycles. The van der Waals surface area contributed by atoms with Crippen molar-refractivity contribution in [1.29, 1.82) is 0 Å². The first kappa shape index (κ1) is 26.4. The fraction of sp³-hybridized carbons (Fsp3) is 0.423. The lowest BCUT2D eigenvalue weighted by Crippen LogP contribution is -2.47. The number of benzene rings is 1. The van der Waals surface area contributed by atoms with Crippen LogP contribution >= 0.6 is 11.3 Å². The number of nitrogens with one attached hydrogen (secondary N) is 1. The average molecular weight is 498 g/mol. The zero-order valence-corrected chi connectivity index (χ0v) is 21.9. The van der Waals surface area contributed by atoms with E-state index in [0.717, 1.165) is 5.56 Å². The topological polar surface area (TPSA) is 104 Å². The summed E-state index contributed by atoms with van der Waals surface area (Å²) in [6.07, 6.45) is 0. The maximum atomic E-state index is 13.7. The van der Waals surface area contributed by atoms with Gasteiger partial charge in [0.05, 0.1) is 13.1 Å². The third-order valence-corrected chi connectivity index (χ3v) is 6.91. The summed E-state index contributed by atoms with van der Waals surface area (Å²) in [4.78, 5) is 46.3. The summed E-state index contributed by atoms with van der Waals surface area (Å²) < 4.78 is 1.31. The number of rotatable bonds is 10. The molecule has 3 N–H and O–H groups in total. The van der Waals surface area contributed by atoms with E-state index in [2.05, 4.69) is 22.9 Å². The highest BCUT2D eigenvalue weighted by Crippen LogP contribution is 2.22. The Labute approximate surface area is 210 Å². The molecule has 0 bridgehead atoms. The SMILES string of the molecule is Cc1ccsc1CN(CC(=O)N(CC(C)C)c1c(N)n(Cc2ccccc2)c(=O)[nH]c1=O)C(C)C. The first-order chi connectivity index (χ1) is 16.6. The van der Waals surface area contributed by atoms with Crippen LogP contribution in [0.2, 0.25) is 0 Å². The number of anilines is 2. The molecule has 3 aromatic rings. The van der Waals surface area contributed by atoms with Gasteiger partial charge >= 0.3 is 5.69 Å². The number of hydrogen-bond acceptors (Lipinski definition) is 6. The number of H-pyrrole nitrogens is 1. The minimum Gasteiger partial charge on any atom is -0.383 e. The maximum Gasteiger partial charge on any atom is 0.330 e. The molecule has 1 amide bonds. The Morgan fingerprint density at radius 2 is 1.80 bits per heavy atom. The normalized spacial score (nSPS) is 11.5. The lowest BCUT2D eigenvalue weighted by molar-refractivity contribution is -0.120. The van der Waals surface area contributed by atoms with Gasteiger partial charge in [-0.15, -0.1) is 11.3 Å². The molecule has 0 radical (unpaired) electrons. The van der Waals surface area contributed by atoms with Crippen LogP contribution in [0, 0.1) is 12.8 Å². The Morgan fingerprint density at radius 3 is 2.37 bits per heavy atom. The lowest BCUT2D eigenvalue weighted by Gasteiger charge is -2.31. The first-order valence-electron chi connectivity index (χ1n) is 11.8. The van der Waals surface area contributed by atoms with Crippen LogP contribution in [0.3, 0.4) is 0 Å². The first-order valence-corrected chi connectivity index (χ1v) is 12.7. The van der Waals surface area contributed by atoms with Gasteiger partial charge in [0.2, 0.25) is 5.91 Å². The summed E-state index contributed by atoms with van der Waals surface area (Å²) in [6, 6.07) is 11.6. The fourth-order valence-electron chi connectivity index (χ4n) is 3.87. The third-order valence-electron chi connectivity index (χ3n) is 5.90. The monoisotopic (exact) mass is 497 g/mol. The van der Waals surface area contributed by atoms with Gasteiger partial charge in [-0.05, 0) is 49.3 Å². The molecule has 2 heterocycles. The molecule has 9 heteroatoms. The molecule has 1 aromatic carbocycles. The smallest absolute Gasteiger partial charge is 0.330 e. The van der Waals surface area contributed by atoms with Gasteiger partial charge in [-0.3, -0.25) is 24.0 Å². The van der Waals surface area contributed by atoms with Gasteiger partial charge in [0, 0.05) is 24.0 Å². The molecule has 2 aromatic heterocycles. The zero-order valence-electron chi connectivity index (χ0n) is 21.1. The van der Waals surface area contributed by atoms with Crippen LogP contribution in [0.25, 0.3) is 0 Å². The van der Waals surface area contributed by atoms with Crippen LogP contribution in [0.5, 0.6) is 0 Å². The molecule has 188 valence electrons. The summed E-state index contributed by atoms with van der Waals surface area (Å²) in [5, 5.41) is 2.05. The molecule has 0 saturated carbocycles. The van der Waals surface area contributed by atoms with Gasteiger partial charge in [0.25, 0.3) is 5.56 Å². The Bertz CT molecular complexity index is 1260. The second-order valence-electron chi connectivity index (χ2n) is 9.49. The average Bonchev–Trinajstić information content (AvgIpc) is 3.20. The van der Waals surface area contributed by atoms with Gasteiger partial charge < -0.3 is 10.6 Å². The molecule has 0 aliphatic rings. The van der Waals surface area contributed by atoms with Crippen molar-refractivity contribution in [2.24, 2.45) is 5.92 Å². The largest absolute Gasteiger partial charge is 0.383 e. The maximum absolute atomic E-state index is 13.7. The Balaban J connectivity index is 1.98. The molecule has 0 aliphatic heterocycles. The van der Waals surface area contributed by atoms with E-state index in [1.807, 2.05) is 63.4 Å². The zero-order chi connectivity index (χ0) is 25.7. The van der Waals surface area contributed by atoms with Crippen molar-refractivity contribution in [1.82, 2.24) is 14.5 Å². The number of carbonyl (C=O) groups excluding carboxylic acids is 1. The second kappa shape index (κ2) is 11.5. The minimum absolute atomic E-state index is 0.0122. The van der Waals surface area contributed by atoms with Crippen LogP contribution in [-0.2, 0) is 17.9 Å². The molecule has 35 heavy (non-hydrogen) atoms. The molecule has 3 rings (SSSR count). The standard InChI is InChI=1S/C26H35N5O3S/c1-17(2)13-30(22(32)16-29(18(3)4)15-21-19(5)11-12-35-21)23-24(27)31(26(34)28-25(23)33)14-20-9-7-6-8-10-20/h6-12,17-18H,13-16,27H2,1-5H3,(H,28,33,34).